The maximum Gasteiger partial charge on any atom is 0.345 e. The van der Waals surface area contributed by atoms with Crippen molar-refractivity contribution in [2.24, 2.45) is 17.8 Å². The fourth-order valence-electron chi connectivity index (χ4n) is 3.91. The average Bonchev–Trinajstić information content (AvgIpc) is 3.03. The number of hydrogen-bond donors (Lipinski definition) is 1. The number of fused-ring (bicyclic) bond motifs is 2. The van der Waals surface area contributed by atoms with Gasteiger partial charge in [-0.3, -0.25) is 0 Å². The second-order valence-electron chi connectivity index (χ2n) is 6.20. The predicted molar refractivity (Wildman–Crippen MR) is 76.6 cm³/mol. The van der Waals surface area contributed by atoms with Crippen LogP contribution >= 0.6 is 11.3 Å². The zero-order valence-electron chi connectivity index (χ0n) is 11.3. The Hall–Kier alpha value is -0.870. The number of nitrogens with zero attached hydrogens (tertiary/aromatic N) is 1. The van der Waals surface area contributed by atoms with E-state index in [9.17, 15) is 4.79 Å². The lowest BCUT2D eigenvalue weighted by molar-refractivity contribution is 0.0702. The second kappa shape index (κ2) is 5.25. The summed E-state index contributed by atoms with van der Waals surface area (Å²) in [5, 5.41) is 8.93. The molecule has 0 aliphatic heterocycles. The summed E-state index contributed by atoms with van der Waals surface area (Å²) in [7, 11) is 2.16. The topological polar surface area (TPSA) is 40.5 Å². The molecule has 3 rings (SSSR count). The third kappa shape index (κ3) is 2.84. The van der Waals surface area contributed by atoms with Gasteiger partial charge in [-0.1, -0.05) is 6.42 Å². The maximum absolute atomic E-state index is 10.9. The van der Waals surface area contributed by atoms with Gasteiger partial charge in [-0.25, -0.2) is 4.79 Å². The van der Waals surface area contributed by atoms with E-state index in [0.29, 0.717) is 4.88 Å². The molecule has 1 aromatic rings. The lowest BCUT2D eigenvalue weighted by Crippen LogP contribution is -2.28. The molecule has 0 aromatic carbocycles. The highest BCUT2D eigenvalue weighted by Crippen LogP contribution is 2.48. The summed E-state index contributed by atoms with van der Waals surface area (Å²) < 4.78 is 0. The number of carbonyl (C=O) groups is 1. The summed E-state index contributed by atoms with van der Waals surface area (Å²) in [6.45, 7) is 2.05. The van der Waals surface area contributed by atoms with Crippen molar-refractivity contribution in [2.45, 2.75) is 32.2 Å². The van der Waals surface area contributed by atoms with E-state index >= 15 is 0 Å². The van der Waals surface area contributed by atoms with Crippen molar-refractivity contribution >= 4 is 17.3 Å². The van der Waals surface area contributed by atoms with Crippen LogP contribution in [-0.2, 0) is 6.54 Å². The fourth-order valence-corrected chi connectivity index (χ4v) is 4.84. The molecule has 3 nitrogen and oxygen atoms in total. The van der Waals surface area contributed by atoms with Gasteiger partial charge in [-0.05, 0) is 56.2 Å². The molecule has 2 aliphatic rings. The molecule has 0 amide bonds. The molecule has 1 aromatic heterocycles. The van der Waals surface area contributed by atoms with Crippen LogP contribution in [0, 0.1) is 17.8 Å². The minimum absolute atomic E-state index is 0.448. The zero-order chi connectivity index (χ0) is 13.4. The Labute approximate surface area is 118 Å². The third-order valence-electron chi connectivity index (χ3n) is 4.73. The van der Waals surface area contributed by atoms with Crippen LogP contribution in [-0.4, -0.2) is 29.6 Å². The Morgan fingerprint density at radius 3 is 2.84 bits per heavy atom. The van der Waals surface area contributed by atoms with Gasteiger partial charge in [0.25, 0.3) is 0 Å². The van der Waals surface area contributed by atoms with E-state index < -0.39 is 5.97 Å². The van der Waals surface area contributed by atoms with Crippen LogP contribution in [0.1, 0.15) is 40.2 Å². The van der Waals surface area contributed by atoms with E-state index in [4.69, 9.17) is 5.11 Å². The van der Waals surface area contributed by atoms with Crippen LogP contribution in [0.3, 0.4) is 0 Å². The smallest absolute Gasteiger partial charge is 0.345 e. The molecule has 4 heteroatoms. The van der Waals surface area contributed by atoms with Crippen LogP contribution in [0.2, 0.25) is 0 Å². The van der Waals surface area contributed by atoms with Gasteiger partial charge >= 0.3 is 5.97 Å². The van der Waals surface area contributed by atoms with Gasteiger partial charge in [0.2, 0.25) is 0 Å². The van der Waals surface area contributed by atoms with Gasteiger partial charge in [0.15, 0.2) is 0 Å². The molecule has 19 heavy (non-hydrogen) atoms. The van der Waals surface area contributed by atoms with Crippen molar-refractivity contribution in [1.82, 2.24) is 4.90 Å². The minimum atomic E-state index is -0.813. The van der Waals surface area contributed by atoms with E-state index in [-0.39, 0.29) is 0 Å². The number of aromatic carboxylic acids is 1. The number of rotatable bonds is 5. The highest BCUT2D eigenvalue weighted by Gasteiger charge is 2.39. The molecule has 2 saturated carbocycles. The first-order valence-electron chi connectivity index (χ1n) is 7.12. The van der Waals surface area contributed by atoms with Crippen molar-refractivity contribution in [2.75, 3.05) is 13.6 Å². The first-order valence-corrected chi connectivity index (χ1v) is 7.94. The molecule has 2 fully saturated rings. The van der Waals surface area contributed by atoms with E-state index in [1.165, 1.54) is 43.6 Å². The van der Waals surface area contributed by atoms with Crippen molar-refractivity contribution in [3.63, 3.8) is 0 Å². The molecule has 1 N–H and O–H groups in total. The molecule has 3 unspecified atom stereocenters. The Morgan fingerprint density at radius 2 is 2.26 bits per heavy atom. The van der Waals surface area contributed by atoms with E-state index in [1.807, 2.05) is 6.07 Å². The number of hydrogen-bond acceptors (Lipinski definition) is 3. The van der Waals surface area contributed by atoms with Gasteiger partial charge in [-0.15, -0.1) is 11.3 Å². The zero-order valence-corrected chi connectivity index (χ0v) is 12.2. The van der Waals surface area contributed by atoms with Gasteiger partial charge in [0.1, 0.15) is 4.88 Å². The van der Waals surface area contributed by atoms with Crippen LogP contribution in [0.4, 0.5) is 0 Å². The summed E-state index contributed by atoms with van der Waals surface area (Å²) in [6.07, 6.45) is 5.77. The first kappa shape index (κ1) is 13.1. The highest BCUT2D eigenvalue weighted by molar-refractivity contribution is 7.13. The van der Waals surface area contributed by atoms with Gasteiger partial charge in [-0.2, -0.15) is 0 Å². The van der Waals surface area contributed by atoms with Crippen LogP contribution in [0.15, 0.2) is 12.1 Å². The van der Waals surface area contributed by atoms with Crippen LogP contribution < -0.4 is 0 Å². The molecular weight excluding hydrogens is 258 g/mol. The van der Waals surface area contributed by atoms with Crippen molar-refractivity contribution in [3.05, 3.63) is 21.9 Å². The standard InChI is InChI=1S/C15H21NO2S/c1-16(8-12-7-10-2-3-11(12)6-10)9-13-4-5-14(19-13)15(17)18/h4-5,10-12H,2-3,6-9H2,1H3,(H,17,18). The number of thiophene rings is 1. The summed E-state index contributed by atoms with van der Waals surface area (Å²) in [5.74, 6) is 2.03. The molecule has 1 heterocycles. The van der Waals surface area contributed by atoms with E-state index in [1.54, 1.807) is 6.07 Å². The van der Waals surface area contributed by atoms with Gasteiger partial charge in [0, 0.05) is 18.0 Å². The van der Waals surface area contributed by atoms with Crippen molar-refractivity contribution < 1.29 is 9.90 Å². The molecule has 3 atom stereocenters. The summed E-state index contributed by atoms with van der Waals surface area (Å²) >= 11 is 1.40. The first-order chi connectivity index (χ1) is 9.11. The lowest BCUT2D eigenvalue weighted by atomic mass is 9.88. The monoisotopic (exact) mass is 279 g/mol. The second-order valence-corrected chi connectivity index (χ2v) is 7.37. The van der Waals surface area contributed by atoms with Crippen LogP contribution in [0.5, 0.6) is 0 Å². The van der Waals surface area contributed by atoms with Gasteiger partial charge in [0.05, 0.1) is 0 Å². The molecule has 2 aliphatic carbocycles. The molecular formula is C15H21NO2S. The SMILES string of the molecule is CN(Cc1ccc(C(=O)O)s1)CC1CC2CCC1C2. The average molecular weight is 279 g/mol. The lowest BCUT2D eigenvalue weighted by Gasteiger charge is -2.26. The Kier molecular flexibility index (Phi) is 3.63. The minimum Gasteiger partial charge on any atom is -0.477 e. The maximum atomic E-state index is 10.9. The van der Waals surface area contributed by atoms with Crippen molar-refractivity contribution in [3.8, 4) is 0 Å². The van der Waals surface area contributed by atoms with E-state index in [0.717, 1.165) is 29.2 Å². The Bertz CT molecular complexity index is 470. The largest absolute Gasteiger partial charge is 0.477 e. The normalized spacial score (nSPS) is 29.3. The van der Waals surface area contributed by atoms with Crippen LogP contribution in [0.25, 0.3) is 0 Å². The molecule has 0 saturated heterocycles. The summed E-state index contributed by atoms with van der Waals surface area (Å²) in [5.41, 5.74) is 0. The molecule has 2 bridgehead atoms. The third-order valence-corrected chi connectivity index (χ3v) is 5.79. The summed E-state index contributed by atoms with van der Waals surface area (Å²) in [4.78, 5) is 14.8. The number of carboxylic acids is 1. The van der Waals surface area contributed by atoms with Crippen molar-refractivity contribution in [1.29, 1.82) is 0 Å². The fraction of sp³-hybridized carbons (Fsp3) is 0.667. The summed E-state index contributed by atoms with van der Waals surface area (Å²) in [6, 6.07) is 3.67. The Balaban J connectivity index is 1.53. The molecule has 0 radical (unpaired) electrons. The quantitative estimate of drug-likeness (QED) is 0.899. The Morgan fingerprint density at radius 1 is 1.42 bits per heavy atom. The number of carboxylic acid groups (broad SMARTS) is 1. The highest BCUT2D eigenvalue weighted by atomic mass is 32.1. The predicted octanol–water partition coefficient (Wildman–Crippen LogP) is 3.31. The van der Waals surface area contributed by atoms with E-state index in [2.05, 4.69) is 11.9 Å². The van der Waals surface area contributed by atoms with Gasteiger partial charge < -0.3 is 10.0 Å². The molecule has 104 valence electrons. The molecule has 0 spiro atoms.